The molecule has 0 bridgehead atoms. The van der Waals surface area contributed by atoms with Gasteiger partial charge in [-0.3, -0.25) is 4.79 Å². The third-order valence-electron chi connectivity index (χ3n) is 6.81. The van der Waals surface area contributed by atoms with Gasteiger partial charge in [-0.2, -0.15) is 0 Å². The molecule has 31 heavy (non-hydrogen) atoms. The van der Waals surface area contributed by atoms with E-state index in [1.165, 1.54) is 24.1 Å². The molecular formula is C25H37N3O3. The number of rotatable bonds is 2. The number of amides is 2. The zero-order valence-corrected chi connectivity index (χ0v) is 19.9. The van der Waals surface area contributed by atoms with Crippen LogP contribution in [0.5, 0.6) is 0 Å². The van der Waals surface area contributed by atoms with E-state index in [1.807, 2.05) is 25.7 Å². The maximum atomic E-state index is 12.5. The largest absolute Gasteiger partial charge is 0.444 e. The van der Waals surface area contributed by atoms with Crippen molar-refractivity contribution in [3.63, 3.8) is 0 Å². The summed E-state index contributed by atoms with van der Waals surface area (Å²) < 4.78 is 5.57. The number of piperazine rings is 1. The zero-order valence-electron chi connectivity index (χ0n) is 19.9. The first-order valence-electron chi connectivity index (χ1n) is 11.7. The summed E-state index contributed by atoms with van der Waals surface area (Å²) in [6.07, 6.45) is 3.27. The van der Waals surface area contributed by atoms with Crippen LogP contribution in [0.4, 0.5) is 16.2 Å². The number of fused-ring (bicyclic) bond motifs is 1. The quantitative estimate of drug-likeness (QED) is 0.699. The van der Waals surface area contributed by atoms with Crippen molar-refractivity contribution in [2.75, 3.05) is 29.4 Å². The van der Waals surface area contributed by atoms with Crippen LogP contribution in [0.3, 0.4) is 0 Å². The molecule has 3 atom stereocenters. The maximum Gasteiger partial charge on any atom is 0.410 e. The summed E-state index contributed by atoms with van der Waals surface area (Å²) in [6.45, 7) is 14.0. The van der Waals surface area contributed by atoms with Crippen LogP contribution < -0.4 is 9.80 Å². The highest BCUT2D eigenvalue weighted by molar-refractivity contribution is 5.94. The molecule has 1 unspecified atom stereocenters. The van der Waals surface area contributed by atoms with Crippen molar-refractivity contribution in [1.82, 2.24) is 4.90 Å². The molecule has 1 aliphatic carbocycles. The zero-order chi connectivity index (χ0) is 22.5. The van der Waals surface area contributed by atoms with Gasteiger partial charge in [0.2, 0.25) is 5.91 Å². The summed E-state index contributed by atoms with van der Waals surface area (Å²) in [5.41, 5.74) is 3.05. The molecule has 0 N–H and O–H groups in total. The molecule has 2 fully saturated rings. The van der Waals surface area contributed by atoms with Crippen LogP contribution in [0.15, 0.2) is 18.2 Å². The number of anilines is 2. The van der Waals surface area contributed by atoms with Gasteiger partial charge >= 0.3 is 6.09 Å². The maximum absolute atomic E-state index is 12.5. The van der Waals surface area contributed by atoms with Crippen molar-refractivity contribution in [2.24, 2.45) is 11.8 Å². The fourth-order valence-electron chi connectivity index (χ4n) is 5.33. The lowest BCUT2D eigenvalue weighted by Crippen LogP contribution is -2.55. The van der Waals surface area contributed by atoms with Gasteiger partial charge in [-0.15, -0.1) is 0 Å². The molecular weight excluding hydrogens is 390 g/mol. The minimum atomic E-state index is -0.482. The Bertz CT molecular complexity index is 858. The molecule has 4 rings (SSSR count). The minimum absolute atomic E-state index is 0.0755. The molecule has 3 aliphatic rings. The first-order valence-corrected chi connectivity index (χ1v) is 11.7. The number of ether oxygens (including phenoxy) is 1. The Balaban J connectivity index is 1.50. The lowest BCUT2D eigenvalue weighted by atomic mass is 9.84. The van der Waals surface area contributed by atoms with Crippen LogP contribution in [0, 0.1) is 11.8 Å². The van der Waals surface area contributed by atoms with Crippen molar-refractivity contribution < 1.29 is 14.3 Å². The predicted molar refractivity (Wildman–Crippen MR) is 124 cm³/mol. The van der Waals surface area contributed by atoms with Crippen molar-refractivity contribution in [3.05, 3.63) is 23.8 Å². The highest BCUT2D eigenvalue weighted by Crippen LogP contribution is 2.46. The summed E-state index contributed by atoms with van der Waals surface area (Å²) in [7, 11) is 0. The number of hydrogen-bond acceptors (Lipinski definition) is 4. The fraction of sp³-hybridized carbons (Fsp3) is 0.680. The Labute approximate surface area is 186 Å². The number of hydrogen-bond donors (Lipinski definition) is 0. The average Bonchev–Trinajstić information content (AvgIpc) is 3.49. The molecule has 1 aromatic rings. The van der Waals surface area contributed by atoms with Crippen LogP contribution >= 0.6 is 0 Å². The van der Waals surface area contributed by atoms with Gasteiger partial charge in [0, 0.05) is 50.0 Å². The number of benzene rings is 1. The van der Waals surface area contributed by atoms with Gasteiger partial charge in [-0.05, 0) is 82.6 Å². The molecule has 1 saturated carbocycles. The van der Waals surface area contributed by atoms with Gasteiger partial charge in [0.1, 0.15) is 5.60 Å². The lowest BCUT2D eigenvalue weighted by molar-refractivity contribution is -0.117. The molecule has 1 aromatic carbocycles. The Morgan fingerprint density at radius 3 is 2.39 bits per heavy atom. The second-order valence-corrected chi connectivity index (χ2v) is 10.7. The van der Waals surface area contributed by atoms with Gasteiger partial charge in [0.25, 0.3) is 0 Å². The molecule has 6 heteroatoms. The predicted octanol–water partition coefficient (Wildman–Crippen LogP) is 4.46. The smallest absolute Gasteiger partial charge is 0.410 e. The van der Waals surface area contributed by atoms with E-state index in [2.05, 4.69) is 41.8 Å². The van der Waals surface area contributed by atoms with E-state index in [9.17, 15) is 9.59 Å². The molecule has 6 nitrogen and oxygen atoms in total. The Morgan fingerprint density at radius 2 is 1.81 bits per heavy atom. The van der Waals surface area contributed by atoms with Crippen LogP contribution in [-0.4, -0.2) is 54.2 Å². The summed E-state index contributed by atoms with van der Waals surface area (Å²) in [6, 6.07) is 6.96. The summed E-state index contributed by atoms with van der Waals surface area (Å²) in [5, 5.41) is 0. The van der Waals surface area contributed by atoms with Crippen LogP contribution in [0.1, 0.15) is 59.9 Å². The van der Waals surface area contributed by atoms with Crippen molar-refractivity contribution in [2.45, 2.75) is 78.5 Å². The third kappa shape index (κ3) is 4.53. The normalized spacial score (nSPS) is 26.5. The first-order chi connectivity index (χ1) is 14.5. The van der Waals surface area contributed by atoms with Crippen LogP contribution in [-0.2, 0) is 16.0 Å². The first kappa shape index (κ1) is 22.0. The van der Waals surface area contributed by atoms with Gasteiger partial charge < -0.3 is 19.4 Å². The summed E-state index contributed by atoms with van der Waals surface area (Å²) in [5.74, 6) is 1.28. The van der Waals surface area contributed by atoms with Crippen molar-refractivity contribution >= 4 is 23.4 Å². The van der Waals surface area contributed by atoms with Gasteiger partial charge in [0.15, 0.2) is 0 Å². The molecule has 2 heterocycles. The number of nitrogens with zero attached hydrogens (tertiary/aromatic N) is 3. The topological polar surface area (TPSA) is 53.1 Å². The molecule has 0 aromatic heterocycles. The number of carbonyl (C=O) groups is 2. The lowest BCUT2D eigenvalue weighted by Gasteiger charge is -2.43. The Hall–Kier alpha value is -2.24. The molecule has 0 radical (unpaired) electrons. The van der Waals surface area contributed by atoms with E-state index in [1.54, 1.807) is 6.92 Å². The van der Waals surface area contributed by atoms with E-state index in [0.29, 0.717) is 24.4 Å². The van der Waals surface area contributed by atoms with E-state index < -0.39 is 5.60 Å². The minimum Gasteiger partial charge on any atom is -0.444 e. The molecule has 0 spiro atoms. The van der Waals surface area contributed by atoms with Crippen molar-refractivity contribution in [1.29, 1.82) is 0 Å². The second-order valence-electron chi connectivity index (χ2n) is 10.7. The van der Waals surface area contributed by atoms with Gasteiger partial charge in [-0.25, -0.2) is 4.79 Å². The van der Waals surface area contributed by atoms with Gasteiger partial charge in [-0.1, -0.05) is 6.92 Å². The number of carbonyl (C=O) groups excluding carboxylic acids is 2. The fourth-order valence-corrected chi connectivity index (χ4v) is 5.33. The third-order valence-corrected chi connectivity index (χ3v) is 6.81. The van der Waals surface area contributed by atoms with Crippen LogP contribution in [0.2, 0.25) is 0 Å². The molecule has 1 saturated heterocycles. The van der Waals surface area contributed by atoms with E-state index >= 15 is 0 Å². The van der Waals surface area contributed by atoms with Crippen LogP contribution in [0.25, 0.3) is 0 Å². The van der Waals surface area contributed by atoms with E-state index in [4.69, 9.17) is 4.74 Å². The van der Waals surface area contributed by atoms with E-state index in [0.717, 1.165) is 25.2 Å². The van der Waals surface area contributed by atoms with Crippen molar-refractivity contribution in [3.8, 4) is 0 Å². The molecule has 2 aliphatic heterocycles. The Morgan fingerprint density at radius 1 is 1.10 bits per heavy atom. The SMILES string of the molecule is CC(=O)N1c2ccc(N3CCN(C(=O)OC(C)(C)C)C(C)C3)cc2C[C@@H](C)[C@@H]1C1CC1. The van der Waals surface area contributed by atoms with Gasteiger partial charge in [0.05, 0.1) is 0 Å². The highest BCUT2D eigenvalue weighted by atomic mass is 16.6. The monoisotopic (exact) mass is 427 g/mol. The Kier molecular flexibility index (Phi) is 5.69. The standard InChI is InChI=1S/C25H37N3O3/c1-16-13-20-14-21(9-10-22(20)28(18(3)29)23(16)19-7-8-19)26-11-12-27(17(2)15-26)24(30)31-25(4,5)6/h9-10,14,16-17,19,23H,7-8,11-13,15H2,1-6H3/t16-,17?,23-/m1/s1. The average molecular weight is 428 g/mol. The molecule has 2 amide bonds. The summed E-state index contributed by atoms with van der Waals surface area (Å²) in [4.78, 5) is 31.3. The molecule has 170 valence electrons. The summed E-state index contributed by atoms with van der Waals surface area (Å²) >= 11 is 0. The second kappa shape index (κ2) is 8.03. The highest BCUT2D eigenvalue weighted by Gasteiger charge is 2.43. The van der Waals surface area contributed by atoms with E-state index in [-0.39, 0.29) is 18.0 Å².